The molecule has 0 saturated heterocycles. The number of rotatable bonds is 3. The first-order valence-corrected chi connectivity index (χ1v) is 7.39. The lowest BCUT2D eigenvalue weighted by atomic mass is 10.1. The third-order valence-electron chi connectivity index (χ3n) is 2.33. The van der Waals surface area contributed by atoms with Gasteiger partial charge in [-0.1, -0.05) is 12.0 Å². The van der Waals surface area contributed by atoms with Gasteiger partial charge < -0.3 is 5.32 Å². The predicted octanol–water partition coefficient (Wildman–Crippen LogP) is 1.67. The maximum Gasteiger partial charge on any atom is 0.261 e. The highest BCUT2D eigenvalue weighted by Gasteiger charge is 2.16. The Bertz CT molecular complexity index is 617. The molecule has 0 radical (unpaired) electrons. The molecule has 6 heteroatoms. The Balaban J connectivity index is 3.17. The molecule has 1 aromatic carbocycles. The number of carbonyl (C=O) groups excluding carboxylic acids is 1. The molecule has 0 fully saturated rings. The lowest BCUT2D eigenvalue weighted by molar-refractivity contribution is 0.0947. The molecule has 0 heterocycles. The van der Waals surface area contributed by atoms with E-state index >= 15 is 0 Å². The molecule has 1 amide bonds. The minimum atomic E-state index is -3.86. The molecule has 4 nitrogen and oxygen atoms in total. The van der Waals surface area contributed by atoms with Crippen molar-refractivity contribution in [2.75, 3.05) is 0 Å². The van der Waals surface area contributed by atoms with Crippen LogP contribution in [-0.2, 0) is 9.05 Å². The van der Waals surface area contributed by atoms with Crippen LogP contribution in [0.3, 0.4) is 0 Å². The quantitative estimate of drug-likeness (QED) is 0.679. The van der Waals surface area contributed by atoms with Crippen molar-refractivity contribution < 1.29 is 13.2 Å². The molecule has 0 aliphatic heterocycles. The van der Waals surface area contributed by atoms with Crippen LogP contribution in [-0.4, -0.2) is 20.4 Å². The number of nitrogens with one attached hydrogen (secondary N) is 1. The molecule has 1 unspecified atom stereocenters. The molecule has 1 N–H and O–H groups in total. The molecule has 18 heavy (non-hydrogen) atoms. The van der Waals surface area contributed by atoms with Gasteiger partial charge in [0.2, 0.25) is 0 Å². The summed E-state index contributed by atoms with van der Waals surface area (Å²) in [6, 6.07) is 3.66. The van der Waals surface area contributed by atoms with E-state index < -0.39 is 21.0 Å². The Morgan fingerprint density at radius 1 is 1.50 bits per heavy atom. The van der Waals surface area contributed by atoms with Gasteiger partial charge >= 0.3 is 0 Å². The Morgan fingerprint density at radius 2 is 2.11 bits per heavy atom. The number of carbonyl (C=O) groups is 1. The summed E-state index contributed by atoms with van der Waals surface area (Å²) in [6.45, 7) is 3.34. The van der Waals surface area contributed by atoms with Gasteiger partial charge in [0.25, 0.3) is 15.0 Å². The van der Waals surface area contributed by atoms with E-state index in [4.69, 9.17) is 17.1 Å². The topological polar surface area (TPSA) is 63.2 Å². The normalized spacial score (nSPS) is 12.6. The van der Waals surface area contributed by atoms with Crippen LogP contribution in [0.4, 0.5) is 0 Å². The summed E-state index contributed by atoms with van der Waals surface area (Å²) in [5.41, 5.74) is 0.875. The largest absolute Gasteiger partial charge is 0.339 e. The van der Waals surface area contributed by atoms with Crippen molar-refractivity contribution >= 4 is 25.6 Å². The van der Waals surface area contributed by atoms with E-state index in [-0.39, 0.29) is 10.5 Å². The van der Waals surface area contributed by atoms with Crippen LogP contribution in [0.5, 0.6) is 0 Å². The van der Waals surface area contributed by atoms with Gasteiger partial charge in [0.05, 0.1) is 10.9 Å². The number of benzene rings is 1. The fourth-order valence-corrected chi connectivity index (χ4v) is 2.09. The van der Waals surface area contributed by atoms with Gasteiger partial charge in [-0.15, -0.1) is 6.42 Å². The van der Waals surface area contributed by atoms with Crippen LogP contribution in [0.15, 0.2) is 23.1 Å². The lowest BCUT2D eigenvalue weighted by Gasteiger charge is -2.10. The summed E-state index contributed by atoms with van der Waals surface area (Å²) in [5.74, 6) is 1.92. The second kappa shape index (κ2) is 5.42. The minimum Gasteiger partial charge on any atom is -0.339 e. The number of hydrogen-bond donors (Lipinski definition) is 1. The van der Waals surface area contributed by atoms with E-state index in [1.165, 1.54) is 18.2 Å². The highest BCUT2D eigenvalue weighted by molar-refractivity contribution is 8.13. The average molecular weight is 286 g/mol. The van der Waals surface area contributed by atoms with Crippen molar-refractivity contribution in [3.05, 3.63) is 29.3 Å². The molecule has 0 saturated carbocycles. The zero-order valence-corrected chi connectivity index (χ0v) is 11.5. The molecule has 1 atom stereocenters. The Labute approximate surface area is 111 Å². The summed E-state index contributed by atoms with van der Waals surface area (Å²) in [5, 5.41) is 2.55. The predicted molar refractivity (Wildman–Crippen MR) is 70.0 cm³/mol. The summed E-state index contributed by atoms with van der Waals surface area (Å²) in [7, 11) is 1.37. The lowest BCUT2D eigenvalue weighted by Crippen LogP contribution is -2.31. The minimum absolute atomic E-state index is 0.117. The van der Waals surface area contributed by atoms with Gasteiger partial charge in [-0.25, -0.2) is 8.42 Å². The monoisotopic (exact) mass is 285 g/mol. The molecule has 1 rings (SSSR count). The maximum absolute atomic E-state index is 11.9. The maximum atomic E-state index is 11.9. The second-order valence-electron chi connectivity index (χ2n) is 3.78. The number of terminal acetylenes is 1. The molecule has 0 spiro atoms. The van der Waals surface area contributed by atoms with Crippen molar-refractivity contribution in [1.29, 1.82) is 0 Å². The van der Waals surface area contributed by atoms with E-state index in [0.29, 0.717) is 5.56 Å². The molecule has 0 aromatic heterocycles. The summed E-state index contributed by atoms with van der Waals surface area (Å²) >= 11 is 0. The van der Waals surface area contributed by atoms with Crippen LogP contribution in [0, 0.1) is 19.3 Å². The average Bonchev–Trinajstić information content (AvgIpc) is 2.27. The molecular formula is C12H12ClNO3S. The van der Waals surface area contributed by atoms with Gasteiger partial charge in [-0.3, -0.25) is 4.79 Å². The SMILES string of the molecule is C#CC(C)NC(=O)c1cc(S(=O)(=O)Cl)ccc1C. The van der Waals surface area contributed by atoms with Crippen molar-refractivity contribution in [3.63, 3.8) is 0 Å². The van der Waals surface area contributed by atoms with Crippen LogP contribution < -0.4 is 5.32 Å². The Kier molecular flexibility index (Phi) is 4.38. The van der Waals surface area contributed by atoms with E-state index in [1.54, 1.807) is 13.8 Å². The standard InChI is InChI=1S/C12H12ClNO3S/c1-4-9(3)14-12(15)11-7-10(18(13,16)17)6-5-8(11)2/h1,5-7,9H,2-3H3,(H,14,15). The first kappa shape index (κ1) is 14.6. The summed E-state index contributed by atoms with van der Waals surface area (Å²) < 4.78 is 22.4. The fourth-order valence-electron chi connectivity index (χ4n) is 1.31. The molecule has 96 valence electrons. The van der Waals surface area contributed by atoms with Gasteiger partial charge in [-0.2, -0.15) is 0 Å². The van der Waals surface area contributed by atoms with Crippen LogP contribution in [0.2, 0.25) is 0 Å². The summed E-state index contributed by atoms with van der Waals surface area (Å²) in [4.78, 5) is 11.8. The van der Waals surface area contributed by atoms with Crippen LogP contribution >= 0.6 is 10.7 Å². The van der Waals surface area contributed by atoms with E-state index in [0.717, 1.165) is 0 Å². The third kappa shape index (κ3) is 3.49. The zero-order valence-electron chi connectivity index (χ0n) is 9.90. The highest BCUT2D eigenvalue weighted by atomic mass is 35.7. The Morgan fingerprint density at radius 3 is 2.61 bits per heavy atom. The first-order chi connectivity index (χ1) is 8.25. The van der Waals surface area contributed by atoms with Crippen molar-refractivity contribution in [1.82, 2.24) is 5.32 Å². The van der Waals surface area contributed by atoms with Crippen molar-refractivity contribution in [2.45, 2.75) is 24.8 Å². The Hall–Kier alpha value is -1.51. The van der Waals surface area contributed by atoms with Gasteiger partial charge in [0.15, 0.2) is 0 Å². The molecule has 0 aliphatic rings. The molecular weight excluding hydrogens is 274 g/mol. The molecule has 1 aromatic rings. The van der Waals surface area contributed by atoms with Gasteiger partial charge in [0, 0.05) is 16.2 Å². The van der Waals surface area contributed by atoms with Gasteiger partial charge in [-0.05, 0) is 31.5 Å². The first-order valence-electron chi connectivity index (χ1n) is 5.08. The van der Waals surface area contributed by atoms with E-state index in [2.05, 4.69) is 11.2 Å². The highest BCUT2D eigenvalue weighted by Crippen LogP contribution is 2.19. The van der Waals surface area contributed by atoms with Crippen molar-refractivity contribution in [3.8, 4) is 12.3 Å². The van der Waals surface area contributed by atoms with Crippen LogP contribution in [0.25, 0.3) is 0 Å². The van der Waals surface area contributed by atoms with E-state index in [9.17, 15) is 13.2 Å². The van der Waals surface area contributed by atoms with E-state index in [1.807, 2.05) is 0 Å². The number of amides is 1. The molecule has 0 aliphatic carbocycles. The second-order valence-corrected chi connectivity index (χ2v) is 6.34. The van der Waals surface area contributed by atoms with Gasteiger partial charge in [0.1, 0.15) is 0 Å². The van der Waals surface area contributed by atoms with Crippen LogP contribution in [0.1, 0.15) is 22.8 Å². The summed E-state index contributed by atoms with van der Waals surface area (Å²) in [6.07, 6.45) is 5.15. The molecule has 0 bridgehead atoms. The number of hydrogen-bond acceptors (Lipinski definition) is 3. The smallest absolute Gasteiger partial charge is 0.261 e. The number of halogens is 1. The number of aryl methyl sites for hydroxylation is 1. The third-order valence-corrected chi connectivity index (χ3v) is 3.68. The zero-order chi connectivity index (χ0) is 13.9. The van der Waals surface area contributed by atoms with Crippen molar-refractivity contribution in [2.24, 2.45) is 0 Å². The fraction of sp³-hybridized carbons (Fsp3) is 0.250.